The van der Waals surface area contributed by atoms with Gasteiger partial charge in [0.2, 0.25) is 0 Å². The van der Waals surface area contributed by atoms with Gasteiger partial charge in [0.25, 0.3) is 0 Å². The maximum Gasteiger partial charge on any atom is 0.319 e. The van der Waals surface area contributed by atoms with Gasteiger partial charge in [0, 0.05) is 45.3 Å². The zero-order chi connectivity index (χ0) is 19.6. The SMILES string of the molecule is CN(C)C(=O)N1CCN(Cc2ccccc2OCCO)[C@@H]2CS(=O)(=O)C[C@@H]21. The van der Waals surface area contributed by atoms with E-state index in [0.29, 0.717) is 25.4 Å². The molecule has 2 aliphatic heterocycles. The van der Waals surface area contributed by atoms with E-state index in [2.05, 4.69) is 4.90 Å². The molecule has 0 aromatic heterocycles. The number of aliphatic hydroxyl groups is 1. The topological polar surface area (TPSA) is 90.4 Å². The van der Waals surface area contributed by atoms with Crippen LogP contribution in [0.25, 0.3) is 0 Å². The molecule has 9 heteroatoms. The third kappa shape index (κ3) is 4.36. The lowest BCUT2D eigenvalue weighted by molar-refractivity contribution is 0.0514. The Morgan fingerprint density at radius 1 is 1.22 bits per heavy atom. The van der Waals surface area contributed by atoms with Crippen LogP contribution in [0.15, 0.2) is 24.3 Å². The van der Waals surface area contributed by atoms with Crippen LogP contribution in [-0.2, 0) is 16.4 Å². The number of amides is 2. The quantitative estimate of drug-likeness (QED) is 0.754. The average Bonchev–Trinajstić information content (AvgIpc) is 2.96. The van der Waals surface area contributed by atoms with Gasteiger partial charge >= 0.3 is 6.03 Å². The van der Waals surface area contributed by atoms with Crippen molar-refractivity contribution >= 4 is 15.9 Å². The first kappa shape index (κ1) is 19.9. The Kier molecular flexibility index (Phi) is 5.92. The molecule has 1 aromatic rings. The van der Waals surface area contributed by atoms with Crippen LogP contribution in [0.2, 0.25) is 0 Å². The molecular formula is C18H27N3O5S. The van der Waals surface area contributed by atoms with Crippen LogP contribution in [0, 0.1) is 0 Å². The average molecular weight is 397 g/mol. The number of aliphatic hydroxyl groups excluding tert-OH is 1. The smallest absolute Gasteiger partial charge is 0.319 e. The number of carbonyl (C=O) groups is 1. The lowest BCUT2D eigenvalue weighted by atomic mass is 10.0. The van der Waals surface area contributed by atoms with Gasteiger partial charge < -0.3 is 19.6 Å². The maximum atomic E-state index is 12.5. The molecule has 2 heterocycles. The molecule has 27 heavy (non-hydrogen) atoms. The second-order valence-corrected chi connectivity index (χ2v) is 9.39. The predicted octanol–water partition coefficient (Wildman–Crippen LogP) is 0.0225. The molecule has 0 bridgehead atoms. The molecule has 2 atom stereocenters. The number of piperazine rings is 1. The van der Waals surface area contributed by atoms with Gasteiger partial charge in [-0.05, 0) is 6.07 Å². The van der Waals surface area contributed by atoms with Crippen molar-refractivity contribution in [2.75, 3.05) is 51.9 Å². The third-order valence-corrected chi connectivity index (χ3v) is 6.81. The zero-order valence-corrected chi connectivity index (χ0v) is 16.6. The number of hydrogen-bond acceptors (Lipinski definition) is 6. The molecule has 0 aliphatic carbocycles. The highest BCUT2D eigenvalue weighted by Gasteiger charge is 2.48. The van der Waals surface area contributed by atoms with Crippen molar-refractivity contribution in [3.05, 3.63) is 29.8 Å². The number of carbonyl (C=O) groups excluding carboxylic acids is 1. The molecule has 8 nitrogen and oxygen atoms in total. The normalized spacial score (nSPS) is 24.5. The molecule has 2 fully saturated rings. The highest BCUT2D eigenvalue weighted by atomic mass is 32.2. The summed E-state index contributed by atoms with van der Waals surface area (Å²) in [5.74, 6) is 0.765. The first-order chi connectivity index (χ1) is 12.8. The Bertz CT molecular complexity index is 783. The van der Waals surface area contributed by atoms with Crippen molar-refractivity contribution in [3.8, 4) is 5.75 Å². The van der Waals surface area contributed by atoms with E-state index < -0.39 is 9.84 Å². The lowest BCUT2D eigenvalue weighted by Gasteiger charge is -2.44. The number of ether oxygens (including phenoxy) is 1. The van der Waals surface area contributed by atoms with Crippen LogP contribution < -0.4 is 4.74 Å². The maximum absolute atomic E-state index is 12.5. The number of hydrogen-bond donors (Lipinski definition) is 1. The summed E-state index contributed by atoms with van der Waals surface area (Å²) in [6, 6.07) is 6.88. The first-order valence-electron chi connectivity index (χ1n) is 9.06. The van der Waals surface area contributed by atoms with E-state index in [9.17, 15) is 13.2 Å². The minimum absolute atomic E-state index is 0.0103. The monoisotopic (exact) mass is 397 g/mol. The van der Waals surface area contributed by atoms with E-state index >= 15 is 0 Å². The summed E-state index contributed by atoms with van der Waals surface area (Å²) in [6.07, 6.45) is 0. The van der Waals surface area contributed by atoms with Gasteiger partial charge in [-0.15, -0.1) is 0 Å². The predicted molar refractivity (Wildman–Crippen MR) is 101 cm³/mol. The molecule has 0 unspecified atom stereocenters. The number of rotatable bonds is 5. The van der Waals surface area contributed by atoms with E-state index in [1.165, 1.54) is 4.90 Å². The molecule has 150 valence electrons. The summed E-state index contributed by atoms with van der Waals surface area (Å²) in [5, 5.41) is 9.00. The largest absolute Gasteiger partial charge is 0.491 e. The molecule has 0 radical (unpaired) electrons. The number of fused-ring (bicyclic) bond motifs is 1. The molecule has 2 aliphatic rings. The van der Waals surface area contributed by atoms with Crippen LogP contribution in [0.3, 0.4) is 0 Å². The van der Waals surface area contributed by atoms with Gasteiger partial charge in [-0.2, -0.15) is 0 Å². The standard InChI is InChI=1S/C18H27N3O5S/c1-19(2)18(23)21-8-7-20(15-12-27(24,25)13-16(15)21)11-14-5-3-4-6-17(14)26-10-9-22/h3-6,15-16,22H,7-13H2,1-2H3/t15-,16+/m1/s1. The molecular weight excluding hydrogens is 370 g/mol. The molecule has 3 rings (SSSR count). The Hall–Kier alpha value is -1.84. The van der Waals surface area contributed by atoms with E-state index in [1.807, 2.05) is 24.3 Å². The van der Waals surface area contributed by atoms with Gasteiger partial charge in [0.05, 0.1) is 24.2 Å². The van der Waals surface area contributed by atoms with Gasteiger partial charge in [-0.1, -0.05) is 18.2 Å². The fourth-order valence-corrected chi connectivity index (χ4v) is 5.88. The Balaban J connectivity index is 1.81. The van der Waals surface area contributed by atoms with Crippen molar-refractivity contribution in [3.63, 3.8) is 0 Å². The third-order valence-electron chi connectivity index (χ3n) is 5.11. The summed E-state index contributed by atoms with van der Waals surface area (Å²) in [7, 11) is 0.176. The van der Waals surface area contributed by atoms with Crippen LogP contribution >= 0.6 is 0 Å². The van der Waals surface area contributed by atoms with Gasteiger partial charge in [-0.25, -0.2) is 13.2 Å². The summed E-state index contributed by atoms with van der Waals surface area (Å²) in [4.78, 5) is 17.8. The fraction of sp³-hybridized carbons (Fsp3) is 0.611. The lowest BCUT2D eigenvalue weighted by Crippen LogP contribution is -2.61. The molecule has 2 saturated heterocycles. The number of nitrogens with zero attached hydrogens (tertiary/aromatic N) is 3. The molecule has 1 aromatic carbocycles. The van der Waals surface area contributed by atoms with Crippen molar-refractivity contribution < 1.29 is 23.1 Å². The van der Waals surface area contributed by atoms with Crippen molar-refractivity contribution in [1.29, 1.82) is 0 Å². The molecule has 2 amide bonds. The highest BCUT2D eigenvalue weighted by molar-refractivity contribution is 7.91. The summed E-state index contributed by atoms with van der Waals surface area (Å²) in [6.45, 7) is 1.78. The molecule has 0 saturated carbocycles. The Labute approximate surface area is 160 Å². The summed E-state index contributed by atoms with van der Waals surface area (Å²) in [5.41, 5.74) is 0.946. The van der Waals surface area contributed by atoms with Crippen LogP contribution in [0.4, 0.5) is 4.79 Å². The van der Waals surface area contributed by atoms with Gasteiger partial charge in [0.15, 0.2) is 9.84 Å². The zero-order valence-electron chi connectivity index (χ0n) is 15.7. The second kappa shape index (κ2) is 8.04. The number of para-hydroxylation sites is 1. The molecule has 0 spiro atoms. The number of benzene rings is 1. The first-order valence-corrected chi connectivity index (χ1v) is 10.9. The van der Waals surface area contributed by atoms with Gasteiger partial charge in [-0.3, -0.25) is 4.90 Å². The second-order valence-electron chi connectivity index (χ2n) is 7.23. The van der Waals surface area contributed by atoms with E-state index in [0.717, 1.165) is 5.56 Å². The van der Waals surface area contributed by atoms with Crippen LogP contribution in [0.5, 0.6) is 5.75 Å². The van der Waals surface area contributed by atoms with Gasteiger partial charge in [0.1, 0.15) is 12.4 Å². The van der Waals surface area contributed by atoms with E-state index in [4.69, 9.17) is 9.84 Å². The molecule has 1 N–H and O–H groups in total. The van der Waals surface area contributed by atoms with E-state index in [1.54, 1.807) is 19.0 Å². The van der Waals surface area contributed by atoms with Crippen molar-refractivity contribution in [2.24, 2.45) is 0 Å². The number of sulfone groups is 1. The fourth-order valence-electron chi connectivity index (χ4n) is 3.87. The summed E-state index contributed by atoms with van der Waals surface area (Å²) < 4.78 is 30.2. The highest BCUT2D eigenvalue weighted by Crippen LogP contribution is 2.30. The Morgan fingerprint density at radius 2 is 1.93 bits per heavy atom. The Morgan fingerprint density at radius 3 is 2.63 bits per heavy atom. The van der Waals surface area contributed by atoms with Crippen molar-refractivity contribution in [2.45, 2.75) is 18.6 Å². The van der Waals surface area contributed by atoms with Crippen LogP contribution in [-0.4, -0.2) is 98.2 Å². The van der Waals surface area contributed by atoms with Crippen LogP contribution in [0.1, 0.15) is 5.56 Å². The minimum atomic E-state index is -3.19. The van der Waals surface area contributed by atoms with E-state index in [-0.39, 0.29) is 42.8 Å². The summed E-state index contributed by atoms with van der Waals surface area (Å²) >= 11 is 0. The van der Waals surface area contributed by atoms with Crippen molar-refractivity contribution in [1.82, 2.24) is 14.7 Å². The minimum Gasteiger partial charge on any atom is -0.491 e. The number of urea groups is 1.